The van der Waals surface area contributed by atoms with Gasteiger partial charge >= 0.3 is 5.97 Å². The van der Waals surface area contributed by atoms with Crippen LogP contribution in [-0.4, -0.2) is 21.0 Å². The second-order valence-electron chi connectivity index (χ2n) is 5.75. The number of carbonyl (C=O) groups is 1. The van der Waals surface area contributed by atoms with Gasteiger partial charge in [0.2, 0.25) is 5.95 Å². The van der Waals surface area contributed by atoms with Crippen molar-refractivity contribution in [1.29, 1.82) is 0 Å². The van der Waals surface area contributed by atoms with E-state index in [1.807, 2.05) is 20.8 Å². The molecule has 0 fully saturated rings. The highest BCUT2D eigenvalue weighted by molar-refractivity contribution is 5.76. The van der Waals surface area contributed by atoms with Crippen LogP contribution in [0.1, 0.15) is 51.9 Å². The first-order chi connectivity index (χ1) is 8.14. The summed E-state index contributed by atoms with van der Waals surface area (Å²) in [6.07, 6.45) is 1.29. The molecule has 1 aromatic rings. The molecule has 4 nitrogen and oxygen atoms in total. The number of aromatic nitrogens is 2. The summed E-state index contributed by atoms with van der Waals surface area (Å²) in [6, 6.07) is 0. The maximum atomic E-state index is 13.9. The van der Waals surface area contributed by atoms with Gasteiger partial charge in [0, 0.05) is 17.2 Å². The predicted molar refractivity (Wildman–Crippen MR) is 65.9 cm³/mol. The molecule has 0 aliphatic heterocycles. The lowest BCUT2D eigenvalue weighted by Gasteiger charge is -2.20. The van der Waals surface area contributed by atoms with Gasteiger partial charge in [-0.2, -0.15) is 4.39 Å². The van der Waals surface area contributed by atoms with Gasteiger partial charge in [0.1, 0.15) is 5.82 Å². The molecule has 1 atom stereocenters. The molecule has 0 aromatic carbocycles. The van der Waals surface area contributed by atoms with E-state index in [-0.39, 0.29) is 16.9 Å². The summed E-state index contributed by atoms with van der Waals surface area (Å²) >= 11 is 0. The smallest absolute Gasteiger partial charge is 0.311 e. The van der Waals surface area contributed by atoms with Crippen LogP contribution in [-0.2, 0) is 10.2 Å². The quantitative estimate of drug-likeness (QED) is 0.842. The molecular weight excluding hydrogens is 235 g/mol. The number of hydrogen-bond acceptors (Lipinski definition) is 3. The monoisotopic (exact) mass is 254 g/mol. The topological polar surface area (TPSA) is 63.1 Å². The molecule has 1 heterocycles. The van der Waals surface area contributed by atoms with E-state index in [2.05, 4.69) is 9.97 Å². The Balaban J connectivity index is 3.24. The molecule has 0 radical (unpaired) electrons. The lowest BCUT2D eigenvalue weighted by molar-refractivity contribution is -0.140. The highest BCUT2D eigenvalue weighted by atomic mass is 19.1. The highest BCUT2D eigenvalue weighted by Gasteiger charge is 2.29. The lowest BCUT2D eigenvalue weighted by atomic mass is 9.89. The van der Waals surface area contributed by atoms with Gasteiger partial charge in [-0.05, 0) is 5.92 Å². The lowest BCUT2D eigenvalue weighted by Crippen LogP contribution is -2.22. The standard InChI is InChI=1S/C13H19FN2O2/c1-7(2)9(11(17)18)8-6-15-12(13(3,4)5)16-10(8)14/h6-7,9H,1-5H3,(H,17,18)/t9-/m0/s1. The maximum absolute atomic E-state index is 13.9. The summed E-state index contributed by atoms with van der Waals surface area (Å²) in [5.74, 6) is -2.57. The fourth-order valence-electron chi connectivity index (χ4n) is 1.72. The Labute approximate surface area is 106 Å². The van der Waals surface area contributed by atoms with E-state index in [4.69, 9.17) is 5.11 Å². The largest absolute Gasteiger partial charge is 0.481 e. The highest BCUT2D eigenvalue weighted by Crippen LogP contribution is 2.27. The molecule has 18 heavy (non-hydrogen) atoms. The average molecular weight is 254 g/mol. The fourth-order valence-corrected chi connectivity index (χ4v) is 1.72. The number of aliphatic carboxylic acids is 1. The minimum atomic E-state index is -1.06. The molecular formula is C13H19FN2O2. The van der Waals surface area contributed by atoms with Crippen LogP contribution >= 0.6 is 0 Å². The summed E-state index contributed by atoms with van der Waals surface area (Å²) in [4.78, 5) is 19.0. The van der Waals surface area contributed by atoms with E-state index in [1.54, 1.807) is 13.8 Å². The summed E-state index contributed by atoms with van der Waals surface area (Å²) in [5, 5.41) is 9.13. The van der Waals surface area contributed by atoms with E-state index >= 15 is 0 Å². The SMILES string of the molecule is CC(C)[C@H](C(=O)O)c1cnc(C(C)(C)C)nc1F. The summed E-state index contributed by atoms with van der Waals surface area (Å²) in [5.41, 5.74) is -0.318. The third-order valence-corrected chi connectivity index (χ3v) is 2.71. The van der Waals surface area contributed by atoms with Crippen LogP contribution in [0.25, 0.3) is 0 Å². The Kier molecular flexibility index (Phi) is 4.04. The first-order valence-corrected chi connectivity index (χ1v) is 5.90. The van der Waals surface area contributed by atoms with Crippen LogP contribution in [0.5, 0.6) is 0 Å². The minimum absolute atomic E-state index is 0.0468. The van der Waals surface area contributed by atoms with Crippen LogP contribution in [0, 0.1) is 11.9 Å². The van der Waals surface area contributed by atoms with Gasteiger partial charge in [-0.25, -0.2) is 9.97 Å². The van der Waals surface area contributed by atoms with Crippen molar-refractivity contribution in [2.24, 2.45) is 5.92 Å². The summed E-state index contributed by atoms with van der Waals surface area (Å²) < 4.78 is 13.9. The van der Waals surface area contributed by atoms with Crippen molar-refractivity contribution in [2.75, 3.05) is 0 Å². The van der Waals surface area contributed by atoms with Gasteiger partial charge in [-0.1, -0.05) is 34.6 Å². The van der Waals surface area contributed by atoms with Crippen molar-refractivity contribution in [2.45, 2.75) is 46.0 Å². The normalized spacial score (nSPS) is 13.7. The Morgan fingerprint density at radius 2 is 1.94 bits per heavy atom. The molecule has 5 heteroatoms. The van der Waals surface area contributed by atoms with Crippen molar-refractivity contribution < 1.29 is 14.3 Å². The fraction of sp³-hybridized carbons (Fsp3) is 0.615. The zero-order chi connectivity index (χ0) is 14.1. The van der Waals surface area contributed by atoms with Crippen molar-refractivity contribution >= 4 is 5.97 Å². The predicted octanol–water partition coefficient (Wildman–Crippen LogP) is 2.74. The molecule has 0 spiro atoms. The number of carboxylic acid groups (broad SMARTS) is 1. The van der Waals surface area contributed by atoms with E-state index in [0.29, 0.717) is 5.82 Å². The van der Waals surface area contributed by atoms with E-state index in [1.165, 1.54) is 6.20 Å². The Bertz CT molecular complexity index is 453. The first kappa shape index (κ1) is 14.5. The molecule has 0 saturated carbocycles. The molecule has 0 aliphatic carbocycles. The zero-order valence-corrected chi connectivity index (χ0v) is 11.4. The Hall–Kier alpha value is -1.52. The van der Waals surface area contributed by atoms with Crippen LogP contribution in [0.3, 0.4) is 0 Å². The second-order valence-corrected chi connectivity index (χ2v) is 5.75. The van der Waals surface area contributed by atoms with Crippen molar-refractivity contribution in [3.63, 3.8) is 0 Å². The third kappa shape index (κ3) is 3.03. The molecule has 0 unspecified atom stereocenters. The maximum Gasteiger partial charge on any atom is 0.311 e. The summed E-state index contributed by atoms with van der Waals surface area (Å²) in [6.45, 7) is 9.08. The Morgan fingerprint density at radius 1 is 1.39 bits per heavy atom. The van der Waals surface area contributed by atoms with Gasteiger partial charge in [0.05, 0.1) is 5.92 Å². The van der Waals surface area contributed by atoms with Gasteiger partial charge in [0.25, 0.3) is 0 Å². The van der Waals surface area contributed by atoms with Gasteiger partial charge < -0.3 is 5.11 Å². The number of hydrogen-bond donors (Lipinski definition) is 1. The van der Waals surface area contributed by atoms with E-state index in [0.717, 1.165) is 0 Å². The van der Waals surface area contributed by atoms with Crippen LogP contribution < -0.4 is 0 Å². The van der Waals surface area contributed by atoms with Crippen molar-refractivity contribution in [3.8, 4) is 0 Å². The van der Waals surface area contributed by atoms with Gasteiger partial charge in [-0.15, -0.1) is 0 Å². The van der Waals surface area contributed by atoms with Gasteiger partial charge in [-0.3, -0.25) is 4.79 Å². The van der Waals surface area contributed by atoms with E-state index < -0.39 is 17.8 Å². The molecule has 0 bridgehead atoms. The number of nitrogens with zero attached hydrogens (tertiary/aromatic N) is 2. The number of halogens is 1. The number of carboxylic acids is 1. The van der Waals surface area contributed by atoms with Crippen molar-refractivity contribution in [3.05, 3.63) is 23.5 Å². The molecule has 0 saturated heterocycles. The number of rotatable bonds is 3. The van der Waals surface area contributed by atoms with Crippen LogP contribution in [0.2, 0.25) is 0 Å². The van der Waals surface area contributed by atoms with Crippen LogP contribution in [0.4, 0.5) is 4.39 Å². The molecule has 0 aliphatic rings. The molecule has 1 rings (SSSR count). The zero-order valence-electron chi connectivity index (χ0n) is 11.4. The van der Waals surface area contributed by atoms with E-state index in [9.17, 15) is 9.18 Å². The van der Waals surface area contributed by atoms with Crippen LogP contribution in [0.15, 0.2) is 6.20 Å². The molecule has 0 amide bonds. The summed E-state index contributed by atoms with van der Waals surface area (Å²) in [7, 11) is 0. The molecule has 1 N–H and O–H groups in total. The van der Waals surface area contributed by atoms with Gasteiger partial charge in [0.15, 0.2) is 0 Å². The second kappa shape index (κ2) is 5.00. The minimum Gasteiger partial charge on any atom is -0.481 e. The first-order valence-electron chi connectivity index (χ1n) is 5.90. The van der Waals surface area contributed by atoms with Crippen molar-refractivity contribution in [1.82, 2.24) is 9.97 Å². The molecule has 100 valence electrons. The molecule has 1 aromatic heterocycles. The average Bonchev–Trinajstić information content (AvgIpc) is 2.18. The Morgan fingerprint density at radius 3 is 2.28 bits per heavy atom. The third-order valence-electron chi connectivity index (χ3n) is 2.71.